The van der Waals surface area contributed by atoms with Crippen LogP contribution in [0.4, 0.5) is 0 Å². The zero-order chi connectivity index (χ0) is 17.5. The van der Waals surface area contributed by atoms with Crippen LogP contribution in [0.5, 0.6) is 0 Å². The highest BCUT2D eigenvalue weighted by Crippen LogP contribution is 2.19. The lowest BCUT2D eigenvalue weighted by Gasteiger charge is -2.36. The number of hydrogen-bond acceptors (Lipinski definition) is 5. The predicted molar refractivity (Wildman–Crippen MR) is 91.6 cm³/mol. The molecule has 2 unspecified atom stereocenters. The Bertz CT molecular complexity index is 427. The van der Waals surface area contributed by atoms with E-state index in [0.29, 0.717) is 31.9 Å². The molecule has 2 saturated heterocycles. The van der Waals surface area contributed by atoms with E-state index in [1.165, 1.54) is 0 Å². The summed E-state index contributed by atoms with van der Waals surface area (Å²) in [4.78, 5) is 28.5. The molecule has 2 aliphatic heterocycles. The molecule has 138 valence electrons. The summed E-state index contributed by atoms with van der Waals surface area (Å²) in [5.41, 5.74) is 0. The number of ether oxygens (including phenoxy) is 2. The molecule has 6 nitrogen and oxygen atoms in total. The number of hydrogen-bond donors (Lipinski definition) is 0. The molecule has 0 bridgehead atoms. The number of nitrogens with zero attached hydrogens (tertiary/aromatic N) is 2. The summed E-state index contributed by atoms with van der Waals surface area (Å²) in [5, 5.41) is 0. The highest BCUT2D eigenvalue weighted by molar-refractivity contribution is 5.84. The normalized spacial score (nSPS) is 25.8. The van der Waals surface area contributed by atoms with Gasteiger partial charge >= 0.3 is 5.97 Å². The smallest absolute Gasteiger partial charge is 0.328 e. The van der Waals surface area contributed by atoms with Gasteiger partial charge in [0.1, 0.15) is 18.8 Å². The maximum atomic E-state index is 12.4. The Hall–Kier alpha value is -1.14. The minimum atomic E-state index is -0.415. The van der Waals surface area contributed by atoms with E-state index in [2.05, 4.69) is 18.7 Å². The van der Waals surface area contributed by atoms with E-state index in [-0.39, 0.29) is 24.6 Å². The van der Waals surface area contributed by atoms with E-state index in [1.54, 1.807) is 4.90 Å². The number of esters is 1. The Balaban J connectivity index is 1.81. The Morgan fingerprint density at radius 3 is 2.75 bits per heavy atom. The van der Waals surface area contributed by atoms with Crippen molar-refractivity contribution in [3.8, 4) is 0 Å². The van der Waals surface area contributed by atoms with Crippen molar-refractivity contribution in [2.45, 2.75) is 58.6 Å². The Morgan fingerprint density at radius 1 is 1.25 bits per heavy atom. The average Bonchev–Trinajstić information content (AvgIpc) is 2.58. The van der Waals surface area contributed by atoms with Crippen molar-refractivity contribution >= 4 is 11.9 Å². The first-order valence-electron chi connectivity index (χ1n) is 9.31. The first kappa shape index (κ1) is 19.2. The van der Waals surface area contributed by atoms with Crippen LogP contribution in [0.15, 0.2) is 0 Å². The van der Waals surface area contributed by atoms with Crippen molar-refractivity contribution in [2.75, 3.05) is 39.4 Å². The minimum absolute atomic E-state index is 0.0358. The molecule has 24 heavy (non-hydrogen) atoms. The highest BCUT2D eigenvalue weighted by atomic mass is 16.6. The second kappa shape index (κ2) is 9.37. The van der Waals surface area contributed by atoms with E-state index < -0.39 is 6.04 Å². The third kappa shape index (κ3) is 5.45. The van der Waals surface area contributed by atoms with Gasteiger partial charge in [0, 0.05) is 32.6 Å². The van der Waals surface area contributed by atoms with Gasteiger partial charge in [-0.3, -0.25) is 9.69 Å². The van der Waals surface area contributed by atoms with Crippen molar-refractivity contribution in [3.63, 3.8) is 0 Å². The molecular formula is C18H32N2O4. The molecule has 0 spiro atoms. The van der Waals surface area contributed by atoms with Crippen molar-refractivity contribution in [1.29, 1.82) is 0 Å². The summed E-state index contributed by atoms with van der Waals surface area (Å²) < 4.78 is 11.2. The number of rotatable bonds is 6. The Kier molecular flexibility index (Phi) is 7.49. The minimum Gasteiger partial charge on any atom is -0.461 e. The SMILES string of the molecule is CCC(=O)N1CCCCC1C(=O)OCC1CN(CC(C)C)CCO1. The number of carbonyl (C=O) groups is 2. The lowest BCUT2D eigenvalue weighted by Crippen LogP contribution is -2.50. The molecule has 0 N–H and O–H groups in total. The summed E-state index contributed by atoms with van der Waals surface area (Å²) in [7, 11) is 0. The molecule has 0 saturated carbocycles. The summed E-state index contributed by atoms with van der Waals surface area (Å²) in [6.45, 7) is 10.6. The largest absolute Gasteiger partial charge is 0.461 e. The molecule has 2 rings (SSSR count). The van der Waals surface area contributed by atoms with Crippen LogP contribution in [-0.4, -0.2) is 73.2 Å². The average molecular weight is 340 g/mol. The van der Waals surface area contributed by atoms with E-state index in [4.69, 9.17) is 9.47 Å². The van der Waals surface area contributed by atoms with Gasteiger partial charge in [0.2, 0.25) is 5.91 Å². The van der Waals surface area contributed by atoms with Crippen LogP contribution in [-0.2, 0) is 19.1 Å². The van der Waals surface area contributed by atoms with Crippen molar-refractivity contribution < 1.29 is 19.1 Å². The third-order valence-corrected chi connectivity index (χ3v) is 4.66. The summed E-state index contributed by atoms with van der Waals surface area (Å²) in [6.07, 6.45) is 3.00. The standard InChI is InChI=1S/C18H32N2O4/c1-4-17(21)20-8-6-5-7-16(20)18(22)24-13-15-12-19(9-10-23-15)11-14(2)3/h14-16H,4-13H2,1-3H3. The van der Waals surface area contributed by atoms with Crippen LogP contribution in [0.25, 0.3) is 0 Å². The maximum Gasteiger partial charge on any atom is 0.328 e. The van der Waals surface area contributed by atoms with E-state index in [0.717, 1.165) is 32.5 Å². The lowest BCUT2D eigenvalue weighted by atomic mass is 10.0. The summed E-state index contributed by atoms with van der Waals surface area (Å²) >= 11 is 0. The predicted octanol–water partition coefficient (Wildman–Crippen LogP) is 1.68. The van der Waals surface area contributed by atoms with Gasteiger partial charge in [-0.15, -0.1) is 0 Å². The Morgan fingerprint density at radius 2 is 2.04 bits per heavy atom. The van der Waals surface area contributed by atoms with E-state index in [9.17, 15) is 9.59 Å². The van der Waals surface area contributed by atoms with Crippen LogP contribution in [0.2, 0.25) is 0 Å². The van der Waals surface area contributed by atoms with Crippen LogP contribution in [0.3, 0.4) is 0 Å². The molecule has 0 aliphatic carbocycles. The highest BCUT2D eigenvalue weighted by Gasteiger charge is 2.33. The van der Waals surface area contributed by atoms with Crippen LogP contribution >= 0.6 is 0 Å². The zero-order valence-corrected chi connectivity index (χ0v) is 15.3. The molecule has 2 heterocycles. The number of piperidine rings is 1. The molecule has 0 aromatic heterocycles. The fourth-order valence-corrected chi connectivity index (χ4v) is 3.51. The summed E-state index contributed by atoms with van der Waals surface area (Å²) in [5.74, 6) is 0.372. The first-order chi connectivity index (χ1) is 11.5. The number of morpholine rings is 1. The molecule has 2 fully saturated rings. The number of amides is 1. The van der Waals surface area contributed by atoms with Gasteiger partial charge in [-0.05, 0) is 25.2 Å². The van der Waals surface area contributed by atoms with Crippen LogP contribution in [0, 0.1) is 5.92 Å². The first-order valence-corrected chi connectivity index (χ1v) is 9.31. The van der Waals surface area contributed by atoms with Gasteiger partial charge in [0.05, 0.1) is 6.61 Å². The van der Waals surface area contributed by atoms with Gasteiger partial charge < -0.3 is 14.4 Å². The quantitative estimate of drug-likeness (QED) is 0.689. The van der Waals surface area contributed by atoms with Crippen molar-refractivity contribution in [1.82, 2.24) is 9.80 Å². The fraction of sp³-hybridized carbons (Fsp3) is 0.889. The zero-order valence-electron chi connectivity index (χ0n) is 15.3. The molecule has 0 aromatic rings. The number of likely N-dealkylation sites (tertiary alicyclic amines) is 1. The second-order valence-electron chi connectivity index (χ2n) is 7.23. The second-order valence-corrected chi connectivity index (χ2v) is 7.23. The molecule has 0 radical (unpaired) electrons. The van der Waals surface area contributed by atoms with Gasteiger partial charge in [0.25, 0.3) is 0 Å². The fourth-order valence-electron chi connectivity index (χ4n) is 3.51. The number of carbonyl (C=O) groups excluding carboxylic acids is 2. The molecule has 2 atom stereocenters. The van der Waals surface area contributed by atoms with E-state index >= 15 is 0 Å². The van der Waals surface area contributed by atoms with Crippen LogP contribution in [0.1, 0.15) is 46.5 Å². The van der Waals surface area contributed by atoms with Gasteiger partial charge in [-0.25, -0.2) is 4.79 Å². The van der Waals surface area contributed by atoms with Crippen molar-refractivity contribution in [2.24, 2.45) is 5.92 Å². The van der Waals surface area contributed by atoms with Crippen molar-refractivity contribution in [3.05, 3.63) is 0 Å². The van der Waals surface area contributed by atoms with E-state index in [1.807, 2.05) is 6.92 Å². The topological polar surface area (TPSA) is 59.1 Å². The molecule has 1 amide bonds. The van der Waals surface area contributed by atoms with Gasteiger partial charge in [0.15, 0.2) is 0 Å². The third-order valence-electron chi connectivity index (χ3n) is 4.66. The van der Waals surface area contributed by atoms with Gasteiger partial charge in [-0.1, -0.05) is 20.8 Å². The van der Waals surface area contributed by atoms with Crippen LogP contribution < -0.4 is 0 Å². The summed E-state index contributed by atoms with van der Waals surface area (Å²) in [6, 6.07) is -0.415. The molecule has 6 heteroatoms. The van der Waals surface area contributed by atoms with Gasteiger partial charge in [-0.2, -0.15) is 0 Å². The molecule has 2 aliphatic rings. The Labute approximate surface area is 145 Å². The molecular weight excluding hydrogens is 308 g/mol. The lowest BCUT2D eigenvalue weighted by molar-refractivity contribution is -0.162. The monoisotopic (exact) mass is 340 g/mol. The molecule has 0 aromatic carbocycles. The maximum absolute atomic E-state index is 12.4.